The Labute approximate surface area is 120 Å². The van der Waals surface area contributed by atoms with E-state index in [9.17, 15) is 18.0 Å². The summed E-state index contributed by atoms with van der Waals surface area (Å²) < 4.78 is 37.7. The normalized spacial score (nSPS) is 12.9. The van der Waals surface area contributed by atoms with E-state index in [0.29, 0.717) is 5.56 Å². The van der Waals surface area contributed by atoms with Crippen molar-refractivity contribution in [2.75, 3.05) is 0 Å². The SMILES string of the molecule is NC(=O)C[C@H](c1ccccc1)c1ccc(C(F)(F)F)cc1. The van der Waals surface area contributed by atoms with Gasteiger partial charge in [0.05, 0.1) is 5.56 Å². The van der Waals surface area contributed by atoms with Crippen molar-refractivity contribution in [3.05, 3.63) is 71.3 Å². The summed E-state index contributed by atoms with van der Waals surface area (Å²) in [5.74, 6) is -0.838. The zero-order valence-electron chi connectivity index (χ0n) is 11.1. The molecule has 0 saturated heterocycles. The molecule has 0 heterocycles. The number of primary amides is 1. The molecule has 0 aliphatic carbocycles. The fourth-order valence-electron chi connectivity index (χ4n) is 2.22. The van der Waals surface area contributed by atoms with Gasteiger partial charge < -0.3 is 5.73 Å². The molecule has 0 fully saturated rings. The number of amides is 1. The predicted octanol–water partition coefficient (Wildman–Crippen LogP) is 3.71. The molecule has 2 aromatic carbocycles. The minimum Gasteiger partial charge on any atom is -0.370 e. The third-order valence-corrected chi connectivity index (χ3v) is 3.25. The quantitative estimate of drug-likeness (QED) is 0.917. The molecule has 21 heavy (non-hydrogen) atoms. The molecule has 0 bridgehead atoms. The van der Waals surface area contributed by atoms with E-state index in [1.165, 1.54) is 12.1 Å². The van der Waals surface area contributed by atoms with Crippen LogP contribution in [0, 0.1) is 0 Å². The zero-order chi connectivity index (χ0) is 15.5. The van der Waals surface area contributed by atoms with Gasteiger partial charge in [-0.2, -0.15) is 13.2 Å². The van der Waals surface area contributed by atoms with Gasteiger partial charge in [0.1, 0.15) is 0 Å². The second kappa shape index (κ2) is 5.99. The zero-order valence-corrected chi connectivity index (χ0v) is 11.1. The lowest BCUT2D eigenvalue weighted by Gasteiger charge is -2.17. The molecule has 110 valence electrons. The molecule has 0 aromatic heterocycles. The Morgan fingerprint density at radius 1 is 0.952 bits per heavy atom. The van der Waals surface area contributed by atoms with Crippen molar-refractivity contribution >= 4 is 5.91 Å². The largest absolute Gasteiger partial charge is 0.416 e. The molecule has 5 heteroatoms. The summed E-state index contributed by atoms with van der Waals surface area (Å²) in [6.07, 6.45) is -4.32. The minimum atomic E-state index is -4.37. The Kier molecular flexibility index (Phi) is 4.31. The molecule has 0 aliphatic rings. The minimum absolute atomic E-state index is 0.0510. The highest BCUT2D eigenvalue weighted by Crippen LogP contribution is 2.32. The Morgan fingerprint density at radius 3 is 1.95 bits per heavy atom. The number of hydrogen-bond donors (Lipinski definition) is 1. The first-order chi connectivity index (χ1) is 9.88. The van der Waals surface area contributed by atoms with E-state index in [1.807, 2.05) is 30.3 Å². The number of rotatable bonds is 4. The van der Waals surface area contributed by atoms with Crippen LogP contribution in [0.5, 0.6) is 0 Å². The molecule has 0 saturated carbocycles. The average Bonchev–Trinajstić information content (AvgIpc) is 2.45. The summed E-state index contributed by atoms with van der Waals surface area (Å²) in [6.45, 7) is 0. The lowest BCUT2D eigenvalue weighted by atomic mass is 9.88. The van der Waals surface area contributed by atoms with Gasteiger partial charge in [-0.15, -0.1) is 0 Å². The van der Waals surface area contributed by atoms with Crippen molar-refractivity contribution < 1.29 is 18.0 Å². The molecule has 2 rings (SSSR count). The summed E-state index contributed by atoms with van der Waals surface area (Å²) in [5, 5.41) is 0. The van der Waals surface area contributed by atoms with E-state index in [2.05, 4.69) is 0 Å². The van der Waals surface area contributed by atoms with Gasteiger partial charge in [-0.1, -0.05) is 42.5 Å². The summed E-state index contributed by atoms with van der Waals surface area (Å²) in [4.78, 5) is 11.2. The van der Waals surface area contributed by atoms with E-state index in [1.54, 1.807) is 0 Å². The van der Waals surface area contributed by atoms with E-state index in [0.717, 1.165) is 17.7 Å². The number of benzene rings is 2. The first-order valence-corrected chi connectivity index (χ1v) is 6.38. The van der Waals surface area contributed by atoms with E-state index < -0.39 is 17.6 Å². The van der Waals surface area contributed by atoms with Gasteiger partial charge in [-0.3, -0.25) is 4.79 Å². The molecule has 0 aliphatic heterocycles. The van der Waals surface area contributed by atoms with Crippen LogP contribution in [0.4, 0.5) is 13.2 Å². The van der Waals surface area contributed by atoms with Crippen LogP contribution in [-0.4, -0.2) is 5.91 Å². The maximum atomic E-state index is 12.6. The number of halogens is 3. The van der Waals surface area contributed by atoms with Crippen molar-refractivity contribution in [3.8, 4) is 0 Å². The summed E-state index contributed by atoms with van der Waals surface area (Å²) >= 11 is 0. The highest BCUT2D eigenvalue weighted by molar-refractivity contribution is 5.75. The van der Waals surface area contributed by atoms with Crippen LogP contribution in [0.2, 0.25) is 0 Å². The van der Waals surface area contributed by atoms with E-state index in [4.69, 9.17) is 5.73 Å². The third-order valence-electron chi connectivity index (χ3n) is 3.25. The van der Waals surface area contributed by atoms with Crippen LogP contribution in [0.25, 0.3) is 0 Å². The van der Waals surface area contributed by atoms with Gasteiger partial charge in [0.25, 0.3) is 0 Å². The topological polar surface area (TPSA) is 43.1 Å². The van der Waals surface area contributed by atoms with Gasteiger partial charge >= 0.3 is 6.18 Å². The van der Waals surface area contributed by atoms with Gasteiger partial charge in [-0.05, 0) is 23.3 Å². The lowest BCUT2D eigenvalue weighted by molar-refractivity contribution is -0.137. The lowest BCUT2D eigenvalue weighted by Crippen LogP contribution is -2.16. The highest BCUT2D eigenvalue weighted by Gasteiger charge is 2.30. The molecule has 0 radical (unpaired) electrons. The first-order valence-electron chi connectivity index (χ1n) is 6.38. The Hall–Kier alpha value is -2.30. The van der Waals surface area contributed by atoms with E-state index in [-0.39, 0.29) is 12.3 Å². The molecule has 2 N–H and O–H groups in total. The van der Waals surface area contributed by atoms with Crippen LogP contribution in [0.15, 0.2) is 54.6 Å². The van der Waals surface area contributed by atoms with Crippen molar-refractivity contribution in [1.82, 2.24) is 0 Å². The average molecular weight is 293 g/mol. The molecule has 1 amide bonds. The van der Waals surface area contributed by atoms with Crippen LogP contribution in [-0.2, 0) is 11.0 Å². The molecule has 2 aromatic rings. The fourth-order valence-corrected chi connectivity index (χ4v) is 2.22. The van der Waals surface area contributed by atoms with Crippen molar-refractivity contribution in [2.45, 2.75) is 18.5 Å². The number of carbonyl (C=O) groups is 1. The first kappa shape index (κ1) is 15.1. The standard InChI is InChI=1S/C16H14F3NO/c17-16(18,19)13-8-6-12(7-9-13)14(10-15(20)21)11-4-2-1-3-5-11/h1-9,14H,10H2,(H2,20,21)/t14-/m1/s1. The molecule has 1 atom stereocenters. The van der Waals surface area contributed by atoms with Crippen LogP contribution in [0.3, 0.4) is 0 Å². The third kappa shape index (κ3) is 3.84. The smallest absolute Gasteiger partial charge is 0.370 e. The monoisotopic (exact) mass is 293 g/mol. The molecular formula is C16H14F3NO. The highest BCUT2D eigenvalue weighted by atomic mass is 19.4. The van der Waals surface area contributed by atoms with Gasteiger partial charge in [0.2, 0.25) is 5.91 Å². The van der Waals surface area contributed by atoms with Crippen molar-refractivity contribution in [1.29, 1.82) is 0 Å². The molecular weight excluding hydrogens is 279 g/mol. The molecule has 2 nitrogen and oxygen atoms in total. The Morgan fingerprint density at radius 2 is 1.48 bits per heavy atom. The summed E-state index contributed by atoms with van der Waals surface area (Å²) in [6, 6.07) is 13.9. The fraction of sp³-hybridized carbons (Fsp3) is 0.188. The number of alkyl halides is 3. The number of carbonyl (C=O) groups excluding carboxylic acids is 1. The molecule has 0 unspecified atom stereocenters. The number of hydrogen-bond acceptors (Lipinski definition) is 1. The maximum absolute atomic E-state index is 12.6. The Balaban J connectivity index is 2.36. The predicted molar refractivity (Wildman–Crippen MR) is 73.5 cm³/mol. The van der Waals surface area contributed by atoms with Crippen molar-refractivity contribution in [2.24, 2.45) is 5.73 Å². The van der Waals surface area contributed by atoms with E-state index >= 15 is 0 Å². The van der Waals surface area contributed by atoms with Gasteiger partial charge in [-0.25, -0.2) is 0 Å². The summed E-state index contributed by atoms with van der Waals surface area (Å²) in [5.41, 5.74) is 6.01. The maximum Gasteiger partial charge on any atom is 0.416 e. The van der Waals surface area contributed by atoms with Crippen molar-refractivity contribution in [3.63, 3.8) is 0 Å². The Bertz CT molecular complexity index is 606. The second-order valence-electron chi connectivity index (χ2n) is 4.75. The number of nitrogens with two attached hydrogens (primary N) is 1. The van der Waals surface area contributed by atoms with Crippen LogP contribution in [0.1, 0.15) is 29.0 Å². The van der Waals surface area contributed by atoms with Gasteiger partial charge in [0.15, 0.2) is 0 Å². The van der Waals surface area contributed by atoms with Gasteiger partial charge in [0, 0.05) is 12.3 Å². The molecule has 0 spiro atoms. The second-order valence-corrected chi connectivity index (χ2v) is 4.75. The van der Waals surface area contributed by atoms with Crippen LogP contribution < -0.4 is 5.73 Å². The summed E-state index contributed by atoms with van der Waals surface area (Å²) in [7, 11) is 0. The van der Waals surface area contributed by atoms with Crippen LogP contribution >= 0.6 is 0 Å².